The number of carboxylic acids is 1. The lowest BCUT2D eigenvalue weighted by Crippen LogP contribution is -2.43. The van der Waals surface area contributed by atoms with Gasteiger partial charge in [-0.05, 0) is 12.5 Å². The molecule has 0 saturated carbocycles. The molecule has 0 aliphatic rings. The number of hydrogen-bond acceptors (Lipinski definition) is 2. The largest absolute Gasteiger partial charge is 0.481 e. The Hall–Kier alpha value is -2.04. The summed E-state index contributed by atoms with van der Waals surface area (Å²) in [5, 5.41) is 8.89. The van der Waals surface area contributed by atoms with Crippen LogP contribution in [0.3, 0.4) is 0 Å². The van der Waals surface area contributed by atoms with Crippen LogP contribution in [0.5, 0.6) is 0 Å². The lowest BCUT2D eigenvalue weighted by atomic mass is 10.2. The van der Waals surface area contributed by atoms with E-state index in [4.69, 9.17) is 5.11 Å². The third kappa shape index (κ3) is 4.57. The molecule has 1 aromatic carbocycles. The molecule has 0 radical (unpaired) electrons. The van der Waals surface area contributed by atoms with Crippen molar-refractivity contribution in [3.63, 3.8) is 0 Å². The lowest BCUT2D eigenvalue weighted by Gasteiger charge is -2.28. The highest BCUT2D eigenvalue weighted by Crippen LogP contribution is 2.08. The van der Waals surface area contributed by atoms with Crippen molar-refractivity contribution in [2.75, 3.05) is 20.1 Å². The van der Waals surface area contributed by atoms with Gasteiger partial charge >= 0.3 is 12.0 Å². The molecule has 5 heteroatoms. The summed E-state index contributed by atoms with van der Waals surface area (Å²) >= 11 is 0. The summed E-state index contributed by atoms with van der Waals surface area (Å²) in [5.74, 6) is -1.46. The fourth-order valence-electron chi connectivity index (χ4n) is 1.93. The van der Waals surface area contributed by atoms with E-state index in [2.05, 4.69) is 0 Å². The van der Waals surface area contributed by atoms with Gasteiger partial charge < -0.3 is 14.9 Å². The highest BCUT2D eigenvalue weighted by molar-refractivity contribution is 5.75. The van der Waals surface area contributed by atoms with Crippen molar-refractivity contribution in [3.8, 4) is 0 Å². The molecule has 0 spiro atoms. The molecule has 5 nitrogen and oxygen atoms in total. The van der Waals surface area contributed by atoms with E-state index in [0.29, 0.717) is 13.1 Å². The minimum Gasteiger partial charge on any atom is -0.481 e. The highest BCUT2D eigenvalue weighted by atomic mass is 16.4. The summed E-state index contributed by atoms with van der Waals surface area (Å²) in [5.41, 5.74) is 1.06. The van der Waals surface area contributed by atoms with Gasteiger partial charge in [-0.1, -0.05) is 37.3 Å². The first-order valence-electron chi connectivity index (χ1n) is 6.72. The molecule has 0 fully saturated rings. The quantitative estimate of drug-likeness (QED) is 0.868. The van der Waals surface area contributed by atoms with Gasteiger partial charge in [0.25, 0.3) is 0 Å². The minimum atomic E-state index is -0.893. The van der Waals surface area contributed by atoms with Crippen molar-refractivity contribution < 1.29 is 14.7 Å². The number of benzene rings is 1. The second-order valence-corrected chi connectivity index (χ2v) is 4.90. The summed E-state index contributed by atoms with van der Waals surface area (Å²) in [6.45, 7) is 4.83. The zero-order valence-corrected chi connectivity index (χ0v) is 12.2. The summed E-state index contributed by atoms with van der Waals surface area (Å²) in [6.07, 6.45) is 0. The van der Waals surface area contributed by atoms with Crippen LogP contribution in [0.4, 0.5) is 4.79 Å². The standard InChI is InChI=1S/C15H22N2O3/c1-4-17(11-13-8-6-5-7-9-13)15(20)16(3)10-12(2)14(18)19/h5-9,12H,4,10-11H2,1-3H3,(H,18,19). The molecule has 110 valence electrons. The number of carboxylic acid groups (broad SMARTS) is 1. The van der Waals surface area contributed by atoms with Crippen LogP contribution in [0, 0.1) is 5.92 Å². The number of urea groups is 1. The Labute approximate surface area is 119 Å². The summed E-state index contributed by atoms with van der Waals surface area (Å²) in [7, 11) is 1.63. The zero-order chi connectivity index (χ0) is 15.1. The van der Waals surface area contributed by atoms with Crippen molar-refractivity contribution in [1.82, 2.24) is 9.80 Å². The molecular formula is C15H22N2O3. The van der Waals surface area contributed by atoms with E-state index in [1.54, 1.807) is 18.9 Å². The number of amides is 2. The van der Waals surface area contributed by atoms with E-state index in [-0.39, 0.29) is 12.6 Å². The lowest BCUT2D eigenvalue weighted by molar-refractivity contribution is -0.141. The fourth-order valence-corrected chi connectivity index (χ4v) is 1.93. The summed E-state index contributed by atoms with van der Waals surface area (Å²) < 4.78 is 0. The average molecular weight is 278 g/mol. The molecule has 1 rings (SSSR count). The van der Waals surface area contributed by atoms with Gasteiger partial charge in [-0.25, -0.2) is 4.79 Å². The molecule has 0 bridgehead atoms. The minimum absolute atomic E-state index is 0.149. The van der Waals surface area contributed by atoms with E-state index < -0.39 is 11.9 Å². The molecule has 0 aliphatic carbocycles. The topological polar surface area (TPSA) is 60.9 Å². The Morgan fingerprint density at radius 2 is 1.85 bits per heavy atom. The smallest absolute Gasteiger partial charge is 0.320 e. The molecule has 0 aromatic heterocycles. The van der Waals surface area contributed by atoms with E-state index in [1.165, 1.54) is 4.90 Å². The molecule has 0 heterocycles. The van der Waals surface area contributed by atoms with Crippen LogP contribution in [0.15, 0.2) is 30.3 Å². The van der Waals surface area contributed by atoms with Crippen LogP contribution < -0.4 is 0 Å². The molecule has 1 N–H and O–H groups in total. The molecule has 1 atom stereocenters. The first-order chi connectivity index (χ1) is 9.45. The fraction of sp³-hybridized carbons (Fsp3) is 0.467. The number of carbonyl (C=O) groups is 2. The Morgan fingerprint density at radius 3 is 2.35 bits per heavy atom. The van der Waals surface area contributed by atoms with E-state index >= 15 is 0 Å². The van der Waals surface area contributed by atoms with E-state index in [0.717, 1.165) is 5.56 Å². The predicted octanol–water partition coefficient (Wildman–Crippen LogP) is 2.28. The van der Waals surface area contributed by atoms with Crippen molar-refractivity contribution in [3.05, 3.63) is 35.9 Å². The molecule has 0 saturated heterocycles. The van der Waals surface area contributed by atoms with Gasteiger partial charge in [-0.3, -0.25) is 4.79 Å². The van der Waals surface area contributed by atoms with Crippen molar-refractivity contribution in [2.45, 2.75) is 20.4 Å². The van der Waals surface area contributed by atoms with Gasteiger partial charge in [0.2, 0.25) is 0 Å². The summed E-state index contributed by atoms with van der Waals surface area (Å²) in [4.78, 5) is 26.3. The first-order valence-corrected chi connectivity index (χ1v) is 6.72. The van der Waals surface area contributed by atoms with Crippen LogP contribution in [-0.4, -0.2) is 47.0 Å². The van der Waals surface area contributed by atoms with Gasteiger partial charge in [-0.2, -0.15) is 0 Å². The molecular weight excluding hydrogens is 256 g/mol. The van der Waals surface area contributed by atoms with Gasteiger partial charge in [0, 0.05) is 26.7 Å². The molecule has 1 unspecified atom stereocenters. The molecule has 0 aliphatic heterocycles. The number of nitrogens with zero attached hydrogens (tertiary/aromatic N) is 2. The normalized spacial score (nSPS) is 11.8. The Balaban J connectivity index is 2.64. The third-order valence-corrected chi connectivity index (χ3v) is 3.16. The number of rotatable bonds is 6. The van der Waals surface area contributed by atoms with Crippen LogP contribution in [0.2, 0.25) is 0 Å². The van der Waals surface area contributed by atoms with Crippen LogP contribution in [0.1, 0.15) is 19.4 Å². The Morgan fingerprint density at radius 1 is 1.25 bits per heavy atom. The van der Waals surface area contributed by atoms with Crippen molar-refractivity contribution >= 4 is 12.0 Å². The molecule has 1 aromatic rings. The average Bonchev–Trinajstić information content (AvgIpc) is 2.44. The van der Waals surface area contributed by atoms with Gasteiger partial charge in [0.05, 0.1) is 5.92 Å². The predicted molar refractivity (Wildman–Crippen MR) is 77.4 cm³/mol. The van der Waals surface area contributed by atoms with Crippen LogP contribution in [-0.2, 0) is 11.3 Å². The number of aliphatic carboxylic acids is 1. The summed E-state index contributed by atoms with van der Waals surface area (Å²) in [6, 6.07) is 9.59. The molecule has 20 heavy (non-hydrogen) atoms. The van der Waals surface area contributed by atoms with E-state index in [9.17, 15) is 9.59 Å². The monoisotopic (exact) mass is 278 g/mol. The third-order valence-electron chi connectivity index (χ3n) is 3.16. The van der Waals surface area contributed by atoms with Gasteiger partial charge in [0.15, 0.2) is 0 Å². The maximum Gasteiger partial charge on any atom is 0.320 e. The van der Waals surface area contributed by atoms with Crippen LogP contribution >= 0.6 is 0 Å². The van der Waals surface area contributed by atoms with Crippen LogP contribution in [0.25, 0.3) is 0 Å². The van der Waals surface area contributed by atoms with Crippen molar-refractivity contribution in [1.29, 1.82) is 0 Å². The maximum atomic E-state index is 12.3. The SMILES string of the molecule is CCN(Cc1ccccc1)C(=O)N(C)CC(C)C(=O)O. The van der Waals surface area contributed by atoms with Gasteiger partial charge in [-0.15, -0.1) is 0 Å². The Bertz CT molecular complexity index is 448. The molecule has 2 amide bonds. The second-order valence-electron chi connectivity index (χ2n) is 4.90. The number of hydrogen-bond donors (Lipinski definition) is 1. The number of carbonyl (C=O) groups excluding carboxylic acids is 1. The zero-order valence-electron chi connectivity index (χ0n) is 12.2. The maximum absolute atomic E-state index is 12.3. The second kappa shape index (κ2) is 7.53. The Kier molecular flexibility index (Phi) is 6.03. The van der Waals surface area contributed by atoms with Crippen molar-refractivity contribution in [2.24, 2.45) is 5.92 Å². The van der Waals surface area contributed by atoms with Gasteiger partial charge in [0.1, 0.15) is 0 Å². The van der Waals surface area contributed by atoms with E-state index in [1.807, 2.05) is 37.3 Å². The first kappa shape index (κ1) is 16.0. The highest BCUT2D eigenvalue weighted by Gasteiger charge is 2.21.